The normalized spacial score (nSPS) is 19.6. The van der Waals surface area contributed by atoms with E-state index in [4.69, 9.17) is 0 Å². The van der Waals surface area contributed by atoms with Crippen molar-refractivity contribution in [3.05, 3.63) is 0 Å². The number of rotatable bonds is 12. The minimum Gasteiger partial charge on any atom is -0.314 e. The molecule has 0 aromatic heterocycles. The fraction of sp³-hybridized carbons (Fsp3) is 1.00. The fourth-order valence-corrected chi connectivity index (χ4v) is 4.13. The third-order valence-electron chi connectivity index (χ3n) is 5.63. The van der Waals surface area contributed by atoms with Crippen LogP contribution >= 0.6 is 0 Å². The molecule has 0 saturated heterocycles. The maximum absolute atomic E-state index is 3.81. The highest BCUT2D eigenvalue weighted by atomic mass is 14.9. The lowest BCUT2D eigenvalue weighted by molar-refractivity contribution is 0.136. The summed E-state index contributed by atoms with van der Waals surface area (Å²) >= 11 is 0. The van der Waals surface area contributed by atoms with Crippen LogP contribution in [0.5, 0.6) is 0 Å². The van der Waals surface area contributed by atoms with Gasteiger partial charge in [-0.1, -0.05) is 91.4 Å². The first kappa shape index (κ1) is 19.0. The van der Waals surface area contributed by atoms with E-state index in [9.17, 15) is 0 Å². The SMILES string of the molecule is CCCCCCCCCCC(NCC)C1(C)CCCCC1. The van der Waals surface area contributed by atoms with E-state index >= 15 is 0 Å². The Balaban J connectivity index is 2.16. The van der Waals surface area contributed by atoms with Gasteiger partial charge in [-0.05, 0) is 31.2 Å². The van der Waals surface area contributed by atoms with E-state index < -0.39 is 0 Å². The highest BCUT2D eigenvalue weighted by Gasteiger charge is 2.34. The van der Waals surface area contributed by atoms with Gasteiger partial charge in [-0.25, -0.2) is 0 Å². The second-order valence-electron chi connectivity index (χ2n) is 7.59. The van der Waals surface area contributed by atoms with E-state index in [2.05, 4.69) is 26.1 Å². The summed E-state index contributed by atoms with van der Waals surface area (Å²) in [6.45, 7) is 8.25. The molecule has 1 fully saturated rings. The molecule has 21 heavy (non-hydrogen) atoms. The summed E-state index contributed by atoms with van der Waals surface area (Å²) in [4.78, 5) is 0. The van der Waals surface area contributed by atoms with Gasteiger partial charge in [0.15, 0.2) is 0 Å². The van der Waals surface area contributed by atoms with Gasteiger partial charge in [0.1, 0.15) is 0 Å². The molecule has 0 aromatic rings. The molecule has 1 heteroatoms. The predicted molar refractivity (Wildman–Crippen MR) is 95.9 cm³/mol. The molecule has 1 saturated carbocycles. The molecule has 1 N–H and O–H groups in total. The molecule has 1 aliphatic rings. The van der Waals surface area contributed by atoms with Crippen molar-refractivity contribution in [2.75, 3.05) is 6.54 Å². The van der Waals surface area contributed by atoms with Crippen molar-refractivity contribution in [3.8, 4) is 0 Å². The Labute approximate surface area is 134 Å². The fourth-order valence-electron chi connectivity index (χ4n) is 4.13. The minimum absolute atomic E-state index is 0.579. The monoisotopic (exact) mass is 295 g/mol. The van der Waals surface area contributed by atoms with Gasteiger partial charge in [0.05, 0.1) is 0 Å². The number of unbranched alkanes of at least 4 members (excludes halogenated alkanes) is 7. The van der Waals surface area contributed by atoms with E-state index in [0.29, 0.717) is 5.41 Å². The first-order chi connectivity index (χ1) is 10.2. The molecule has 1 unspecified atom stereocenters. The summed E-state index contributed by atoms with van der Waals surface area (Å²) in [7, 11) is 0. The van der Waals surface area contributed by atoms with Crippen molar-refractivity contribution in [2.45, 2.75) is 117 Å². The quantitative estimate of drug-likeness (QED) is 0.407. The average Bonchev–Trinajstić information content (AvgIpc) is 2.49. The maximum atomic E-state index is 3.81. The van der Waals surface area contributed by atoms with Gasteiger partial charge in [0, 0.05) is 6.04 Å². The molecule has 1 nitrogen and oxygen atoms in total. The molecule has 126 valence electrons. The van der Waals surface area contributed by atoms with Crippen molar-refractivity contribution >= 4 is 0 Å². The molecule has 0 aliphatic heterocycles. The molecule has 0 spiro atoms. The summed E-state index contributed by atoms with van der Waals surface area (Å²) in [5.74, 6) is 0. The van der Waals surface area contributed by atoms with Gasteiger partial charge in [0.2, 0.25) is 0 Å². The molecule has 0 amide bonds. The Morgan fingerprint density at radius 2 is 1.38 bits per heavy atom. The number of hydrogen-bond donors (Lipinski definition) is 1. The Hall–Kier alpha value is -0.0400. The van der Waals surface area contributed by atoms with Crippen LogP contribution < -0.4 is 5.32 Å². The van der Waals surface area contributed by atoms with Crippen LogP contribution in [0, 0.1) is 5.41 Å². The number of hydrogen-bond acceptors (Lipinski definition) is 1. The van der Waals surface area contributed by atoms with Crippen LogP contribution in [-0.2, 0) is 0 Å². The summed E-state index contributed by atoms with van der Waals surface area (Å²) in [5, 5.41) is 3.81. The van der Waals surface area contributed by atoms with Crippen LogP contribution in [-0.4, -0.2) is 12.6 Å². The lowest BCUT2D eigenvalue weighted by atomic mass is 9.69. The lowest BCUT2D eigenvalue weighted by Gasteiger charge is -2.41. The van der Waals surface area contributed by atoms with Crippen LogP contribution in [0.4, 0.5) is 0 Å². The van der Waals surface area contributed by atoms with Crippen molar-refractivity contribution in [3.63, 3.8) is 0 Å². The predicted octanol–water partition coefficient (Wildman–Crippen LogP) is 6.47. The smallest absolute Gasteiger partial charge is 0.0121 e. The molecule has 1 aliphatic carbocycles. The van der Waals surface area contributed by atoms with Crippen LogP contribution in [0.1, 0.15) is 111 Å². The molecule has 0 bridgehead atoms. The summed E-state index contributed by atoms with van der Waals surface area (Å²) < 4.78 is 0. The first-order valence-electron chi connectivity index (χ1n) is 9.96. The zero-order valence-corrected chi connectivity index (χ0v) is 15.2. The molecule has 0 radical (unpaired) electrons. The standard InChI is InChI=1S/C20H41N/c1-4-6-7-8-9-10-11-13-16-19(21-5-2)20(3)17-14-12-15-18-20/h19,21H,4-18H2,1-3H3. The molecule has 1 atom stereocenters. The van der Waals surface area contributed by atoms with Crippen molar-refractivity contribution < 1.29 is 0 Å². The van der Waals surface area contributed by atoms with Gasteiger partial charge < -0.3 is 5.32 Å². The Bertz CT molecular complexity index is 230. The van der Waals surface area contributed by atoms with Gasteiger partial charge in [0.25, 0.3) is 0 Å². The topological polar surface area (TPSA) is 12.0 Å². The van der Waals surface area contributed by atoms with Crippen LogP contribution in [0.3, 0.4) is 0 Å². The highest BCUT2D eigenvalue weighted by Crippen LogP contribution is 2.40. The third-order valence-corrected chi connectivity index (χ3v) is 5.63. The zero-order valence-electron chi connectivity index (χ0n) is 15.2. The van der Waals surface area contributed by atoms with Crippen LogP contribution in [0.15, 0.2) is 0 Å². The molecule has 0 aromatic carbocycles. The molecule has 0 heterocycles. The van der Waals surface area contributed by atoms with Crippen LogP contribution in [0.2, 0.25) is 0 Å². The summed E-state index contributed by atoms with van der Waals surface area (Å²) in [5.41, 5.74) is 0.579. The third kappa shape index (κ3) is 7.68. The molecular formula is C20H41N. The summed E-state index contributed by atoms with van der Waals surface area (Å²) in [6.07, 6.45) is 20.2. The maximum Gasteiger partial charge on any atom is 0.0121 e. The second kappa shape index (κ2) is 11.5. The summed E-state index contributed by atoms with van der Waals surface area (Å²) in [6, 6.07) is 0.767. The van der Waals surface area contributed by atoms with Gasteiger partial charge >= 0.3 is 0 Å². The lowest BCUT2D eigenvalue weighted by Crippen LogP contribution is -2.44. The van der Waals surface area contributed by atoms with Crippen molar-refractivity contribution in [2.24, 2.45) is 5.41 Å². The Kier molecular flexibility index (Phi) is 10.4. The molecule has 1 rings (SSSR count). The van der Waals surface area contributed by atoms with Crippen molar-refractivity contribution in [1.29, 1.82) is 0 Å². The number of nitrogens with one attached hydrogen (secondary N) is 1. The van der Waals surface area contributed by atoms with Crippen molar-refractivity contribution in [1.82, 2.24) is 5.32 Å². The van der Waals surface area contributed by atoms with Crippen LogP contribution in [0.25, 0.3) is 0 Å². The van der Waals surface area contributed by atoms with E-state index in [1.54, 1.807) is 0 Å². The van der Waals surface area contributed by atoms with Gasteiger partial charge in [-0.2, -0.15) is 0 Å². The molecular weight excluding hydrogens is 254 g/mol. The van der Waals surface area contributed by atoms with E-state index in [0.717, 1.165) is 12.6 Å². The Morgan fingerprint density at radius 3 is 1.95 bits per heavy atom. The average molecular weight is 296 g/mol. The zero-order chi connectivity index (χ0) is 15.4. The minimum atomic E-state index is 0.579. The van der Waals surface area contributed by atoms with E-state index in [-0.39, 0.29) is 0 Å². The second-order valence-corrected chi connectivity index (χ2v) is 7.59. The Morgan fingerprint density at radius 1 is 0.810 bits per heavy atom. The van der Waals surface area contributed by atoms with E-state index in [1.807, 2.05) is 0 Å². The first-order valence-corrected chi connectivity index (χ1v) is 9.96. The van der Waals surface area contributed by atoms with E-state index in [1.165, 1.54) is 89.9 Å². The largest absolute Gasteiger partial charge is 0.314 e. The van der Waals surface area contributed by atoms with Gasteiger partial charge in [-0.3, -0.25) is 0 Å². The highest BCUT2D eigenvalue weighted by molar-refractivity contribution is 4.89. The van der Waals surface area contributed by atoms with Gasteiger partial charge in [-0.15, -0.1) is 0 Å².